The minimum absolute atomic E-state index is 0.186. The lowest BCUT2D eigenvalue weighted by Crippen LogP contribution is -2.56. The Bertz CT molecular complexity index is 405. The maximum absolute atomic E-state index is 11.6. The molecule has 1 aliphatic heterocycles. The summed E-state index contributed by atoms with van der Waals surface area (Å²) in [5, 5.41) is 5.43. The second-order valence-corrected chi connectivity index (χ2v) is 3.77. The average molecular weight is 234 g/mol. The molecule has 1 aliphatic rings. The lowest BCUT2D eigenvalue weighted by Gasteiger charge is -2.21. The van der Waals surface area contributed by atoms with Crippen LogP contribution in [0.4, 0.5) is 0 Å². The summed E-state index contributed by atoms with van der Waals surface area (Å²) in [5.41, 5.74) is 0.900. The van der Waals surface area contributed by atoms with E-state index in [-0.39, 0.29) is 12.5 Å². The van der Waals surface area contributed by atoms with Crippen molar-refractivity contribution in [3.05, 3.63) is 35.9 Å². The SMILES string of the molecule is O=C1NCCNC1C(=O)OCc1ccccc1. The molecule has 0 saturated carbocycles. The quantitative estimate of drug-likeness (QED) is 0.562. The first-order valence-corrected chi connectivity index (χ1v) is 5.49. The van der Waals surface area contributed by atoms with Crippen LogP contribution >= 0.6 is 0 Å². The Balaban J connectivity index is 1.87. The number of nitrogens with one attached hydrogen (secondary N) is 2. The van der Waals surface area contributed by atoms with Crippen LogP contribution in [0.1, 0.15) is 5.56 Å². The number of benzene rings is 1. The Kier molecular flexibility index (Phi) is 3.72. The van der Waals surface area contributed by atoms with Crippen LogP contribution in [0.2, 0.25) is 0 Å². The fourth-order valence-corrected chi connectivity index (χ4v) is 1.60. The largest absolute Gasteiger partial charge is 0.459 e. The van der Waals surface area contributed by atoms with Crippen LogP contribution in [0.5, 0.6) is 0 Å². The van der Waals surface area contributed by atoms with E-state index in [1.54, 1.807) is 0 Å². The van der Waals surface area contributed by atoms with Crippen LogP contribution < -0.4 is 10.6 Å². The van der Waals surface area contributed by atoms with E-state index in [9.17, 15) is 9.59 Å². The normalized spacial score (nSPS) is 19.5. The molecule has 1 fully saturated rings. The van der Waals surface area contributed by atoms with E-state index < -0.39 is 12.0 Å². The molecule has 17 heavy (non-hydrogen) atoms. The third kappa shape index (κ3) is 3.04. The van der Waals surface area contributed by atoms with Crippen LogP contribution in [-0.4, -0.2) is 31.0 Å². The van der Waals surface area contributed by atoms with Crippen molar-refractivity contribution >= 4 is 11.9 Å². The van der Waals surface area contributed by atoms with Gasteiger partial charge in [-0.3, -0.25) is 10.1 Å². The molecule has 0 bridgehead atoms. The fraction of sp³-hybridized carbons (Fsp3) is 0.333. The molecule has 1 heterocycles. The minimum atomic E-state index is -0.882. The van der Waals surface area contributed by atoms with E-state index >= 15 is 0 Å². The summed E-state index contributed by atoms with van der Waals surface area (Å²) < 4.78 is 5.08. The number of ether oxygens (including phenoxy) is 1. The van der Waals surface area contributed by atoms with Gasteiger partial charge in [-0.25, -0.2) is 4.79 Å². The van der Waals surface area contributed by atoms with Crippen molar-refractivity contribution in [1.82, 2.24) is 10.6 Å². The molecule has 5 heteroatoms. The number of hydrogen-bond acceptors (Lipinski definition) is 4. The van der Waals surface area contributed by atoms with E-state index in [1.165, 1.54) is 0 Å². The molecule has 2 N–H and O–H groups in total. The van der Waals surface area contributed by atoms with Gasteiger partial charge in [-0.1, -0.05) is 30.3 Å². The first kappa shape index (κ1) is 11.6. The molecular weight excluding hydrogens is 220 g/mol. The molecule has 1 amide bonds. The van der Waals surface area contributed by atoms with Gasteiger partial charge in [0.1, 0.15) is 6.61 Å². The first-order chi connectivity index (χ1) is 8.27. The molecule has 90 valence electrons. The zero-order valence-electron chi connectivity index (χ0n) is 9.31. The summed E-state index contributed by atoms with van der Waals surface area (Å²) >= 11 is 0. The van der Waals surface area contributed by atoms with Crippen molar-refractivity contribution in [1.29, 1.82) is 0 Å². The van der Waals surface area contributed by atoms with E-state index in [4.69, 9.17) is 4.74 Å². The zero-order chi connectivity index (χ0) is 12.1. The smallest absolute Gasteiger partial charge is 0.333 e. The molecule has 1 aromatic carbocycles. The highest BCUT2D eigenvalue weighted by Gasteiger charge is 2.29. The standard InChI is InChI=1S/C12H14N2O3/c15-11-10(13-6-7-14-11)12(16)17-8-9-4-2-1-3-5-9/h1-5,10,13H,6-8H2,(H,14,15). The van der Waals surface area contributed by atoms with Crippen LogP contribution in [0.15, 0.2) is 30.3 Å². The lowest BCUT2D eigenvalue weighted by molar-refractivity contribution is -0.151. The predicted octanol–water partition coefficient (Wildman–Crippen LogP) is -0.182. The van der Waals surface area contributed by atoms with Crippen LogP contribution in [0, 0.1) is 0 Å². The van der Waals surface area contributed by atoms with Gasteiger partial charge >= 0.3 is 5.97 Å². The number of piperazine rings is 1. The van der Waals surface area contributed by atoms with E-state index in [2.05, 4.69) is 10.6 Å². The highest BCUT2D eigenvalue weighted by atomic mass is 16.5. The Hall–Kier alpha value is -1.88. The average Bonchev–Trinajstić information content (AvgIpc) is 2.38. The minimum Gasteiger partial charge on any atom is -0.459 e. The number of rotatable bonds is 3. The van der Waals surface area contributed by atoms with Gasteiger partial charge in [-0.05, 0) is 5.56 Å². The van der Waals surface area contributed by atoms with Gasteiger partial charge in [0, 0.05) is 13.1 Å². The number of amides is 1. The third-order valence-corrected chi connectivity index (χ3v) is 2.49. The van der Waals surface area contributed by atoms with Crippen molar-refractivity contribution in [3.8, 4) is 0 Å². The van der Waals surface area contributed by atoms with Crippen molar-refractivity contribution in [3.63, 3.8) is 0 Å². The fourth-order valence-electron chi connectivity index (χ4n) is 1.60. The van der Waals surface area contributed by atoms with Gasteiger partial charge in [0.05, 0.1) is 0 Å². The van der Waals surface area contributed by atoms with E-state index in [0.29, 0.717) is 13.1 Å². The molecule has 0 aliphatic carbocycles. The molecule has 2 rings (SSSR count). The summed E-state index contributed by atoms with van der Waals surface area (Å²) in [6.07, 6.45) is 0. The van der Waals surface area contributed by atoms with Crippen molar-refractivity contribution < 1.29 is 14.3 Å². The summed E-state index contributed by atoms with van der Waals surface area (Å²) in [4.78, 5) is 23.0. The molecule has 1 aromatic rings. The van der Waals surface area contributed by atoms with Gasteiger partial charge in [-0.15, -0.1) is 0 Å². The molecule has 1 atom stereocenters. The van der Waals surface area contributed by atoms with E-state index in [0.717, 1.165) is 5.56 Å². The first-order valence-electron chi connectivity index (χ1n) is 5.49. The maximum Gasteiger partial charge on any atom is 0.333 e. The molecule has 0 radical (unpaired) electrons. The van der Waals surface area contributed by atoms with Crippen molar-refractivity contribution in [2.75, 3.05) is 13.1 Å². The van der Waals surface area contributed by atoms with E-state index in [1.807, 2.05) is 30.3 Å². The molecular formula is C12H14N2O3. The van der Waals surface area contributed by atoms with Gasteiger partial charge in [0.15, 0.2) is 6.04 Å². The van der Waals surface area contributed by atoms with Crippen LogP contribution in [-0.2, 0) is 20.9 Å². The third-order valence-electron chi connectivity index (χ3n) is 2.49. The van der Waals surface area contributed by atoms with Crippen LogP contribution in [0.25, 0.3) is 0 Å². The number of carbonyl (C=O) groups is 2. The Morgan fingerprint density at radius 2 is 2.06 bits per heavy atom. The molecule has 0 spiro atoms. The summed E-state index contributed by atoms with van der Waals surface area (Å²) in [6.45, 7) is 1.31. The number of esters is 1. The summed E-state index contributed by atoms with van der Waals surface area (Å²) in [7, 11) is 0. The Morgan fingerprint density at radius 3 is 2.76 bits per heavy atom. The Morgan fingerprint density at radius 1 is 1.29 bits per heavy atom. The molecule has 5 nitrogen and oxygen atoms in total. The summed E-state index contributed by atoms with van der Waals surface area (Å²) in [5.74, 6) is -0.861. The van der Waals surface area contributed by atoms with Gasteiger partial charge < -0.3 is 10.1 Å². The molecule has 1 saturated heterocycles. The van der Waals surface area contributed by atoms with Gasteiger partial charge in [-0.2, -0.15) is 0 Å². The number of hydrogen-bond donors (Lipinski definition) is 2. The summed E-state index contributed by atoms with van der Waals surface area (Å²) in [6, 6.07) is 8.47. The number of carbonyl (C=O) groups excluding carboxylic acids is 2. The van der Waals surface area contributed by atoms with Crippen molar-refractivity contribution in [2.45, 2.75) is 12.6 Å². The second kappa shape index (κ2) is 5.45. The molecule has 1 unspecified atom stereocenters. The molecule has 0 aromatic heterocycles. The monoisotopic (exact) mass is 234 g/mol. The topological polar surface area (TPSA) is 67.4 Å². The van der Waals surface area contributed by atoms with Gasteiger partial charge in [0.2, 0.25) is 5.91 Å². The highest BCUT2D eigenvalue weighted by Crippen LogP contribution is 2.02. The van der Waals surface area contributed by atoms with Crippen molar-refractivity contribution in [2.24, 2.45) is 0 Å². The predicted molar refractivity (Wildman–Crippen MR) is 61.0 cm³/mol. The maximum atomic E-state index is 11.6. The zero-order valence-corrected chi connectivity index (χ0v) is 9.31. The van der Waals surface area contributed by atoms with Crippen LogP contribution in [0.3, 0.4) is 0 Å². The Labute approximate surface area is 99.2 Å². The highest BCUT2D eigenvalue weighted by molar-refractivity contribution is 6.02. The lowest BCUT2D eigenvalue weighted by atomic mass is 10.2. The second-order valence-electron chi connectivity index (χ2n) is 3.77. The van der Waals surface area contributed by atoms with Gasteiger partial charge in [0.25, 0.3) is 0 Å².